The zero-order valence-corrected chi connectivity index (χ0v) is 12.4. The quantitative estimate of drug-likeness (QED) is 0.186. The summed E-state index contributed by atoms with van der Waals surface area (Å²) in [7, 11) is 0. The monoisotopic (exact) mass is 621 g/mol. The third-order valence-electron chi connectivity index (χ3n) is 0. The van der Waals surface area contributed by atoms with E-state index in [4.69, 9.17) is 0 Å². The molecule has 0 rings (SSSR count). The molecule has 14 heavy (non-hydrogen) atoms. The van der Waals surface area contributed by atoms with Gasteiger partial charge in [-0.3, -0.25) is 0 Å². The maximum absolute atomic E-state index is 0. The third kappa shape index (κ3) is 268. The summed E-state index contributed by atoms with van der Waals surface area (Å²) in [6.45, 7) is 0. The van der Waals surface area contributed by atoms with Crippen molar-refractivity contribution in [3.63, 3.8) is 0 Å². The zero-order chi connectivity index (χ0) is 0. The maximum Gasteiger partial charge on any atom is 3.00 e. The first kappa shape index (κ1) is 392. The Morgan fingerprint density at radius 2 is 0.357 bits per heavy atom. The van der Waals surface area contributed by atoms with Crippen molar-refractivity contribution in [3.8, 4) is 0 Å². The topological polar surface area (TPSA) is 0 Å². The van der Waals surface area contributed by atoms with Gasteiger partial charge in [-0.25, -0.2) is 0 Å². The molecule has 0 unspecified atom stereocenters. The predicted molar refractivity (Wildman–Crippen MR) is 0 cm³/mol. The molecule has 0 heterocycles. The number of hydrogen-bond acceptors (Lipinski definition) is 0. The molecule has 0 N–H and O–H groups in total. The molecule has 0 aromatic heterocycles. The SMILES string of the molecule is [Er+3].[F-].[F-].[F-].[F-].[F-].[F-].[F-].[F-].[F-].[F-].[Li+].[Tm+3].[Y+3]. The molecule has 0 bridgehead atoms. The molecule has 0 aliphatic heterocycles. The van der Waals surface area contributed by atoms with Gasteiger partial charge in [-0.1, -0.05) is 0 Å². The Morgan fingerprint density at radius 1 is 0.357 bits per heavy atom. The maximum atomic E-state index is 0. The summed E-state index contributed by atoms with van der Waals surface area (Å²) in [5.41, 5.74) is 0. The Balaban J connectivity index is 0. The van der Waals surface area contributed by atoms with E-state index in [0.717, 1.165) is 0 Å². The van der Waals surface area contributed by atoms with E-state index in [-0.39, 0.29) is 173 Å². The Hall–Kier alpha value is 3.48. The van der Waals surface area contributed by atoms with Crippen LogP contribution in [0.3, 0.4) is 0 Å². The molecule has 0 fully saturated rings. The molecular weight excluding hydrogens is 622 g/mol. The number of rotatable bonds is 0. The Bertz CT molecular complexity index is 20.1. The first-order valence-electron chi connectivity index (χ1n) is 0. The van der Waals surface area contributed by atoms with Crippen molar-refractivity contribution < 1.29 is 173 Å². The number of halogens is 10. The fourth-order valence-electron chi connectivity index (χ4n) is 0. The summed E-state index contributed by atoms with van der Waals surface area (Å²) in [4.78, 5) is 0. The van der Waals surface area contributed by atoms with Crippen LogP contribution < -0.4 is 65.9 Å². The molecule has 99 valence electrons. The third-order valence-corrected chi connectivity index (χ3v) is 0. The van der Waals surface area contributed by atoms with Gasteiger partial charge in [0.1, 0.15) is 0 Å². The predicted octanol–water partition coefficient (Wildman–Crippen LogP) is -33.0. The zero-order valence-electron chi connectivity index (χ0n) is 5.92. The normalized spacial score (nSPS) is 0. The number of hydrogen-bond donors (Lipinski definition) is 0. The van der Waals surface area contributed by atoms with Crippen molar-refractivity contribution in [2.24, 2.45) is 0 Å². The molecule has 0 aliphatic rings. The largest absolute Gasteiger partial charge is 3.00 e. The van der Waals surface area contributed by atoms with Crippen LogP contribution in [-0.4, -0.2) is 0 Å². The second-order valence-corrected chi connectivity index (χ2v) is 0. The van der Waals surface area contributed by atoms with Crippen LogP contribution in [0.1, 0.15) is 0 Å². The van der Waals surface area contributed by atoms with E-state index in [1.54, 1.807) is 0 Å². The van der Waals surface area contributed by atoms with E-state index < -0.39 is 0 Å². The average molecular weight is 622 g/mol. The van der Waals surface area contributed by atoms with E-state index in [9.17, 15) is 0 Å². The second kappa shape index (κ2) is 326. The van der Waals surface area contributed by atoms with Gasteiger partial charge in [-0.2, -0.15) is 0 Å². The van der Waals surface area contributed by atoms with Crippen LogP contribution in [0.25, 0.3) is 0 Å². The van der Waals surface area contributed by atoms with Crippen LogP contribution in [0.15, 0.2) is 0 Å². The summed E-state index contributed by atoms with van der Waals surface area (Å²) < 4.78 is 0. The Kier molecular flexibility index (Phi) is 9120. The van der Waals surface area contributed by atoms with Crippen LogP contribution in [0, 0.1) is 74.2 Å². The van der Waals surface area contributed by atoms with Crippen molar-refractivity contribution in [1.29, 1.82) is 0 Å². The molecule has 0 saturated carbocycles. The minimum atomic E-state index is 0. The minimum Gasteiger partial charge on any atom is -1.00 e. The summed E-state index contributed by atoms with van der Waals surface area (Å²) in [5, 5.41) is 0. The van der Waals surface area contributed by atoms with Gasteiger partial charge in [0.25, 0.3) is 0 Å². The summed E-state index contributed by atoms with van der Waals surface area (Å²) in [6, 6.07) is 0. The fourth-order valence-corrected chi connectivity index (χ4v) is 0. The van der Waals surface area contributed by atoms with Gasteiger partial charge in [0, 0.05) is 0 Å². The van der Waals surface area contributed by atoms with Crippen molar-refractivity contribution in [3.05, 3.63) is 0 Å². The molecule has 0 aromatic carbocycles. The standard InChI is InChI=1S/Er.10FH.Li.Tm.Y/h;10*1H;;;/q+3;;;;;;;;;;;+1;2*+3/p-10. The minimum absolute atomic E-state index is 0. The molecule has 0 aliphatic carbocycles. The molecule has 0 aromatic rings. The van der Waals surface area contributed by atoms with Gasteiger partial charge in [0.15, 0.2) is 0 Å². The van der Waals surface area contributed by atoms with E-state index in [0.29, 0.717) is 0 Å². The van der Waals surface area contributed by atoms with Gasteiger partial charge in [0.05, 0.1) is 0 Å². The molecule has 1 radical (unpaired) electrons. The van der Waals surface area contributed by atoms with E-state index in [2.05, 4.69) is 0 Å². The van der Waals surface area contributed by atoms with Gasteiger partial charge in [-0.15, -0.1) is 0 Å². The molecule has 0 nitrogen and oxygen atoms in total. The van der Waals surface area contributed by atoms with Crippen LogP contribution in [0.4, 0.5) is 0 Å². The van der Waals surface area contributed by atoms with E-state index >= 15 is 0 Å². The van der Waals surface area contributed by atoms with E-state index in [1.165, 1.54) is 0 Å². The first-order chi connectivity index (χ1) is 0. The summed E-state index contributed by atoms with van der Waals surface area (Å²) in [5.74, 6) is 0. The van der Waals surface area contributed by atoms with Crippen LogP contribution >= 0.6 is 0 Å². The van der Waals surface area contributed by atoms with Gasteiger partial charge < -0.3 is 47.0 Å². The summed E-state index contributed by atoms with van der Waals surface area (Å²) in [6.07, 6.45) is 0. The van der Waals surface area contributed by atoms with Gasteiger partial charge in [0.2, 0.25) is 0 Å². The summed E-state index contributed by atoms with van der Waals surface area (Å²) >= 11 is 0. The molecule has 0 atom stereocenters. The Labute approximate surface area is 169 Å². The van der Waals surface area contributed by atoms with Gasteiger partial charge in [-0.05, 0) is 0 Å². The second-order valence-electron chi connectivity index (χ2n) is 0. The smallest absolute Gasteiger partial charge is 1.00 e. The molecule has 0 saturated heterocycles. The van der Waals surface area contributed by atoms with Gasteiger partial charge >= 0.3 is 126 Å². The first-order valence-corrected chi connectivity index (χ1v) is 0. The molecule has 14 heteroatoms. The van der Waals surface area contributed by atoms with Crippen molar-refractivity contribution >= 4 is 0 Å². The van der Waals surface area contributed by atoms with Crippen LogP contribution in [0.2, 0.25) is 0 Å². The van der Waals surface area contributed by atoms with E-state index in [1.807, 2.05) is 0 Å². The molecule has 0 spiro atoms. The van der Waals surface area contributed by atoms with Crippen molar-refractivity contribution in [2.45, 2.75) is 0 Å². The van der Waals surface area contributed by atoms with Crippen molar-refractivity contribution in [1.82, 2.24) is 0 Å². The average Bonchev–Trinajstić information content (AvgIpc) is 0. The Morgan fingerprint density at radius 3 is 0.357 bits per heavy atom. The van der Waals surface area contributed by atoms with Crippen LogP contribution in [-0.2, 0) is 32.7 Å². The van der Waals surface area contributed by atoms with Crippen molar-refractivity contribution in [2.75, 3.05) is 0 Å². The molecule has 0 amide bonds. The fraction of sp³-hybridized carbons (Fsp3) is 0. The van der Waals surface area contributed by atoms with Crippen LogP contribution in [0.5, 0.6) is 0 Å². The molecular formula is ErF10LiTmY.